The summed E-state index contributed by atoms with van der Waals surface area (Å²) < 4.78 is 0. The second-order valence-corrected chi connectivity index (χ2v) is 8.40. The zero-order valence-corrected chi connectivity index (χ0v) is 24.5. The number of aliphatic hydroxyl groups is 1. The summed E-state index contributed by atoms with van der Waals surface area (Å²) >= 11 is 0. The molecular formula is C32H45N5O6. The first-order chi connectivity index (χ1) is 20.1. The van der Waals surface area contributed by atoms with Crippen LogP contribution in [0.4, 0.5) is 17.1 Å². The van der Waals surface area contributed by atoms with Crippen LogP contribution in [0.15, 0.2) is 91.3 Å². The van der Waals surface area contributed by atoms with Crippen LogP contribution in [0.2, 0.25) is 0 Å². The Kier molecular flexibility index (Phi) is 21.1. The highest BCUT2D eigenvalue weighted by Crippen LogP contribution is 2.27. The second kappa shape index (κ2) is 22.6. The minimum Gasteiger partial charge on any atom is -0.404 e. The van der Waals surface area contributed by atoms with Gasteiger partial charge in [0.1, 0.15) is 12.0 Å². The van der Waals surface area contributed by atoms with Crippen LogP contribution in [0.3, 0.4) is 0 Å². The van der Waals surface area contributed by atoms with E-state index in [9.17, 15) is 25.0 Å². The van der Waals surface area contributed by atoms with Gasteiger partial charge in [-0.3, -0.25) is 25.0 Å². The number of nitrogens with zero attached hydrogens (tertiary/aromatic N) is 2. The molecule has 6 N–H and O–H groups in total. The molecule has 0 aliphatic rings. The van der Waals surface area contributed by atoms with E-state index in [-0.39, 0.29) is 24.9 Å². The van der Waals surface area contributed by atoms with Crippen LogP contribution in [-0.4, -0.2) is 27.3 Å². The minimum absolute atomic E-state index is 0. The molecule has 0 bridgehead atoms. The number of carbonyl (C=O) groups excluding carboxylic acids is 1. The summed E-state index contributed by atoms with van der Waals surface area (Å²) in [7, 11) is 0. The van der Waals surface area contributed by atoms with E-state index < -0.39 is 9.85 Å². The third kappa shape index (κ3) is 15.5. The third-order valence-electron chi connectivity index (χ3n) is 5.50. The van der Waals surface area contributed by atoms with E-state index in [2.05, 4.69) is 11.9 Å². The maximum absolute atomic E-state index is 11.1. The Hall–Kier alpha value is -5.03. The van der Waals surface area contributed by atoms with Crippen LogP contribution in [-0.2, 0) is 6.54 Å². The fraction of sp³-hybridized carbons (Fsp3) is 0.281. The number of allylic oxidation sites excluding steroid dienone is 1. The van der Waals surface area contributed by atoms with E-state index in [0.717, 1.165) is 48.1 Å². The summed E-state index contributed by atoms with van der Waals surface area (Å²) in [6.07, 6.45) is 4.72. The van der Waals surface area contributed by atoms with Crippen molar-refractivity contribution in [1.82, 2.24) is 0 Å². The molecule has 3 rings (SSSR count). The van der Waals surface area contributed by atoms with Gasteiger partial charge in [-0.25, -0.2) is 0 Å². The van der Waals surface area contributed by atoms with E-state index >= 15 is 0 Å². The molecule has 0 saturated heterocycles. The number of aldehydes is 1. The first kappa shape index (κ1) is 40.1. The quantitative estimate of drug-likeness (QED) is 0.0610. The Morgan fingerprint density at radius 2 is 1.49 bits per heavy atom. The highest BCUT2D eigenvalue weighted by atomic mass is 16.6. The topological polar surface area (TPSA) is 188 Å². The van der Waals surface area contributed by atoms with Gasteiger partial charge in [0.15, 0.2) is 0 Å². The molecule has 0 fully saturated rings. The number of nitrogens with two attached hydrogens (primary N) is 2. The predicted octanol–water partition coefficient (Wildman–Crippen LogP) is 7.35. The Labute approximate surface area is 254 Å². The third-order valence-corrected chi connectivity index (χ3v) is 5.50. The van der Waals surface area contributed by atoms with Crippen LogP contribution < -0.4 is 16.8 Å². The summed E-state index contributed by atoms with van der Waals surface area (Å²) in [5.41, 5.74) is 14.6. The summed E-state index contributed by atoms with van der Waals surface area (Å²) in [5, 5.41) is 32.6. The SMILES string of the molecule is C.C=C(/C=C/N)[N+](=O)[O-].CC.CCC(O)CC.Nc1ccc(NCc2ccc(-c3ccc(C=O)cc3)cc2)c([N+](=O)[O-])c1. The van der Waals surface area contributed by atoms with Crippen molar-refractivity contribution in [3.05, 3.63) is 123 Å². The molecule has 0 atom stereocenters. The van der Waals surface area contributed by atoms with E-state index in [0.29, 0.717) is 23.5 Å². The van der Waals surface area contributed by atoms with Gasteiger partial charge in [0.2, 0.25) is 0 Å². The molecule has 234 valence electrons. The summed E-state index contributed by atoms with van der Waals surface area (Å²) in [6, 6.07) is 19.8. The van der Waals surface area contributed by atoms with Gasteiger partial charge in [-0.15, -0.1) is 0 Å². The Morgan fingerprint density at radius 1 is 0.977 bits per heavy atom. The number of benzene rings is 3. The largest absolute Gasteiger partial charge is 0.404 e. The lowest BCUT2D eigenvalue weighted by molar-refractivity contribution is -0.418. The van der Waals surface area contributed by atoms with Gasteiger partial charge in [0, 0.05) is 36.1 Å². The lowest BCUT2D eigenvalue weighted by Crippen LogP contribution is -2.03. The molecule has 0 amide bonds. The van der Waals surface area contributed by atoms with Crippen molar-refractivity contribution >= 4 is 23.3 Å². The number of nitro benzene ring substituents is 1. The second-order valence-electron chi connectivity index (χ2n) is 8.40. The van der Waals surface area contributed by atoms with Crippen molar-refractivity contribution in [3.8, 4) is 11.1 Å². The van der Waals surface area contributed by atoms with Crippen molar-refractivity contribution in [3.63, 3.8) is 0 Å². The lowest BCUT2D eigenvalue weighted by atomic mass is 10.0. The van der Waals surface area contributed by atoms with Crippen LogP contribution in [0.25, 0.3) is 11.1 Å². The van der Waals surface area contributed by atoms with E-state index in [1.807, 2.05) is 64.1 Å². The normalized spacial score (nSPS) is 9.53. The molecule has 11 heteroatoms. The summed E-state index contributed by atoms with van der Waals surface area (Å²) in [6.45, 7) is 11.5. The van der Waals surface area contributed by atoms with Crippen LogP contribution in [0, 0.1) is 20.2 Å². The highest BCUT2D eigenvalue weighted by Gasteiger charge is 2.13. The molecule has 0 heterocycles. The molecule has 3 aromatic carbocycles. The molecule has 0 aromatic heterocycles. The van der Waals surface area contributed by atoms with Crippen LogP contribution in [0.1, 0.15) is 63.9 Å². The highest BCUT2D eigenvalue weighted by molar-refractivity contribution is 5.77. The Balaban J connectivity index is 0. The van der Waals surface area contributed by atoms with Crippen molar-refractivity contribution in [1.29, 1.82) is 0 Å². The zero-order valence-electron chi connectivity index (χ0n) is 24.5. The Morgan fingerprint density at radius 3 is 1.86 bits per heavy atom. The monoisotopic (exact) mass is 595 g/mol. The van der Waals surface area contributed by atoms with E-state index in [4.69, 9.17) is 16.6 Å². The van der Waals surface area contributed by atoms with Crippen molar-refractivity contribution in [2.45, 2.75) is 60.6 Å². The zero-order chi connectivity index (χ0) is 32.1. The molecular weight excluding hydrogens is 550 g/mol. The van der Waals surface area contributed by atoms with E-state index in [1.54, 1.807) is 24.3 Å². The standard InChI is InChI=1S/C20H17N3O3.C5H12O.C4H6N2O2.C2H6.CH4/c21-18-9-10-19(20(11-18)23(25)26)22-12-14-1-5-16(6-2-14)17-7-3-15(13-24)4-8-17;1-3-5(6)4-2;1-4(2-3-5)6(7)8;1-2;/h1-11,13,22H,12,21H2;5-6H,3-4H2,1-2H3;2-3H,1,5H2;1-2H3;1H4/b;;3-2+;;. The fourth-order valence-electron chi connectivity index (χ4n) is 3.08. The number of hydrogen-bond donors (Lipinski definition) is 4. The summed E-state index contributed by atoms with van der Waals surface area (Å²) in [4.78, 5) is 30.5. The molecule has 11 nitrogen and oxygen atoms in total. The average molecular weight is 596 g/mol. The number of nitro groups is 2. The number of anilines is 2. The number of carbonyl (C=O) groups is 1. The van der Waals surface area contributed by atoms with Crippen molar-refractivity contribution < 1.29 is 19.7 Å². The van der Waals surface area contributed by atoms with Gasteiger partial charge in [-0.05, 0) is 48.2 Å². The number of rotatable bonds is 10. The molecule has 0 radical (unpaired) electrons. The molecule has 0 spiro atoms. The van der Waals surface area contributed by atoms with Crippen LogP contribution >= 0.6 is 0 Å². The van der Waals surface area contributed by atoms with Gasteiger partial charge < -0.3 is 21.9 Å². The van der Waals surface area contributed by atoms with Gasteiger partial charge >= 0.3 is 0 Å². The molecule has 43 heavy (non-hydrogen) atoms. The molecule has 0 unspecified atom stereocenters. The maximum atomic E-state index is 11.1. The molecule has 3 aromatic rings. The Bertz CT molecular complexity index is 1290. The average Bonchev–Trinajstić information content (AvgIpc) is 3.02. The predicted molar refractivity (Wildman–Crippen MR) is 176 cm³/mol. The number of hydrogen-bond acceptors (Lipinski definition) is 9. The molecule has 0 aliphatic heterocycles. The van der Waals surface area contributed by atoms with E-state index in [1.165, 1.54) is 6.07 Å². The van der Waals surface area contributed by atoms with Gasteiger partial charge in [-0.2, -0.15) is 0 Å². The van der Waals surface area contributed by atoms with Gasteiger partial charge in [0.25, 0.3) is 11.4 Å². The van der Waals surface area contributed by atoms with Crippen molar-refractivity contribution in [2.75, 3.05) is 11.1 Å². The van der Waals surface area contributed by atoms with Gasteiger partial charge in [0.05, 0.1) is 16.0 Å². The first-order valence-electron chi connectivity index (χ1n) is 13.4. The lowest BCUT2D eigenvalue weighted by Gasteiger charge is -2.09. The maximum Gasteiger partial charge on any atom is 0.294 e. The van der Waals surface area contributed by atoms with Gasteiger partial charge in [-0.1, -0.05) is 83.7 Å². The van der Waals surface area contributed by atoms with Crippen LogP contribution in [0.5, 0.6) is 0 Å². The molecule has 0 aliphatic carbocycles. The number of nitrogens with one attached hydrogen (secondary N) is 1. The molecule has 0 saturated carbocycles. The first-order valence-corrected chi connectivity index (χ1v) is 13.4. The summed E-state index contributed by atoms with van der Waals surface area (Å²) in [5.74, 6) is 0. The smallest absolute Gasteiger partial charge is 0.294 e. The van der Waals surface area contributed by atoms with Crippen molar-refractivity contribution in [2.24, 2.45) is 5.73 Å². The number of aliphatic hydroxyl groups excluding tert-OH is 1. The number of nitrogen functional groups attached to an aromatic ring is 1. The fourth-order valence-corrected chi connectivity index (χ4v) is 3.08. The minimum atomic E-state index is -0.608.